The number of carbonyl (C=O) groups is 1. The molecule has 0 aliphatic heterocycles. The van der Waals surface area contributed by atoms with Gasteiger partial charge >= 0.3 is 0 Å². The summed E-state index contributed by atoms with van der Waals surface area (Å²) in [6.45, 7) is 14.1. The molecule has 2 aromatic carbocycles. The van der Waals surface area contributed by atoms with Gasteiger partial charge in [-0.15, -0.1) is 0 Å². The number of ether oxygens (including phenoxy) is 1. The van der Waals surface area contributed by atoms with Gasteiger partial charge < -0.3 is 10.1 Å². The molecule has 0 spiro atoms. The third-order valence-electron chi connectivity index (χ3n) is 4.73. The summed E-state index contributed by atoms with van der Waals surface area (Å²) < 4.78 is 5.82. The summed E-state index contributed by atoms with van der Waals surface area (Å²) in [5, 5.41) is 3.75. The van der Waals surface area contributed by atoms with Gasteiger partial charge in [0.25, 0.3) is 5.91 Å². The van der Waals surface area contributed by atoms with Gasteiger partial charge in [0.15, 0.2) is 6.10 Å². The van der Waals surface area contributed by atoms with Crippen LogP contribution in [0.1, 0.15) is 62.9 Å². The van der Waals surface area contributed by atoms with E-state index in [-0.39, 0.29) is 17.4 Å². The van der Waals surface area contributed by atoms with Crippen molar-refractivity contribution in [2.75, 3.05) is 0 Å². The van der Waals surface area contributed by atoms with Crippen LogP contribution in [0.25, 0.3) is 0 Å². The van der Waals surface area contributed by atoms with Gasteiger partial charge in [-0.3, -0.25) is 4.79 Å². The molecule has 0 bridgehead atoms. The van der Waals surface area contributed by atoms with Gasteiger partial charge in [-0.25, -0.2) is 0 Å². The lowest BCUT2D eigenvalue weighted by atomic mass is 9.86. The highest BCUT2D eigenvalue weighted by atomic mass is 35.5. The second kappa shape index (κ2) is 8.35. The van der Waals surface area contributed by atoms with Crippen molar-refractivity contribution in [1.82, 2.24) is 5.32 Å². The number of benzene rings is 2. The molecule has 0 aliphatic carbocycles. The van der Waals surface area contributed by atoms with Crippen LogP contribution in [0.3, 0.4) is 0 Å². The molecule has 27 heavy (non-hydrogen) atoms. The molecule has 2 atom stereocenters. The first-order valence-electron chi connectivity index (χ1n) is 9.33. The first-order valence-corrected chi connectivity index (χ1v) is 9.71. The number of amides is 1. The minimum atomic E-state index is -0.596. The molecule has 2 rings (SSSR count). The Bertz CT molecular complexity index is 783. The molecule has 0 saturated heterocycles. The molecule has 3 nitrogen and oxygen atoms in total. The number of carbonyl (C=O) groups excluding carboxylic acids is 1. The maximum Gasteiger partial charge on any atom is 0.261 e. The fourth-order valence-electron chi connectivity index (χ4n) is 2.92. The minimum Gasteiger partial charge on any atom is -0.481 e. The summed E-state index contributed by atoms with van der Waals surface area (Å²) in [6, 6.07) is 12.0. The third kappa shape index (κ3) is 5.49. The van der Waals surface area contributed by atoms with E-state index in [0.717, 1.165) is 21.7 Å². The molecule has 4 heteroatoms. The van der Waals surface area contributed by atoms with Crippen molar-refractivity contribution in [3.8, 4) is 5.75 Å². The monoisotopic (exact) mass is 387 g/mol. The quantitative estimate of drug-likeness (QED) is 0.693. The summed E-state index contributed by atoms with van der Waals surface area (Å²) >= 11 is 6.19. The smallest absolute Gasteiger partial charge is 0.261 e. The average molecular weight is 388 g/mol. The zero-order valence-electron chi connectivity index (χ0n) is 17.3. The van der Waals surface area contributed by atoms with Gasteiger partial charge in [0.2, 0.25) is 0 Å². The Balaban J connectivity index is 2.01. The van der Waals surface area contributed by atoms with E-state index < -0.39 is 6.10 Å². The number of halogens is 1. The molecule has 0 aromatic heterocycles. The van der Waals surface area contributed by atoms with Gasteiger partial charge in [-0.2, -0.15) is 0 Å². The molecule has 0 radical (unpaired) electrons. The van der Waals surface area contributed by atoms with E-state index >= 15 is 0 Å². The lowest BCUT2D eigenvalue weighted by Gasteiger charge is -2.22. The zero-order valence-corrected chi connectivity index (χ0v) is 18.1. The minimum absolute atomic E-state index is 0.0914. The lowest BCUT2D eigenvalue weighted by Crippen LogP contribution is -2.37. The van der Waals surface area contributed by atoms with Crippen molar-refractivity contribution in [2.45, 2.75) is 66.0 Å². The first-order chi connectivity index (χ1) is 12.5. The standard InChI is InChI=1S/C23H30ClNO2/c1-14-12-20(13-15(2)21(14)24)27-17(4)22(26)25-16(3)18-8-10-19(11-9-18)23(5,6)7/h8-13,16-17H,1-7H3,(H,25,26)/t16-,17-/m1/s1. The van der Waals surface area contributed by atoms with E-state index in [2.05, 4.69) is 50.4 Å². The predicted molar refractivity (Wildman–Crippen MR) is 113 cm³/mol. The van der Waals surface area contributed by atoms with Crippen LogP contribution >= 0.6 is 11.6 Å². The van der Waals surface area contributed by atoms with Gasteiger partial charge in [-0.1, -0.05) is 56.6 Å². The first kappa shape index (κ1) is 21.3. The average Bonchev–Trinajstić information content (AvgIpc) is 2.58. The number of nitrogens with one attached hydrogen (secondary N) is 1. The van der Waals surface area contributed by atoms with Crippen LogP contribution < -0.4 is 10.1 Å². The summed E-state index contributed by atoms with van der Waals surface area (Å²) in [5.74, 6) is 0.506. The Morgan fingerprint density at radius 1 is 1.04 bits per heavy atom. The molecule has 0 fully saturated rings. The van der Waals surface area contributed by atoms with Crippen LogP contribution in [0.5, 0.6) is 5.75 Å². The van der Waals surface area contributed by atoms with Crippen LogP contribution in [0.4, 0.5) is 0 Å². The molecule has 1 amide bonds. The summed E-state index contributed by atoms with van der Waals surface area (Å²) in [7, 11) is 0. The van der Waals surface area contributed by atoms with E-state index in [1.165, 1.54) is 5.56 Å². The maximum atomic E-state index is 12.5. The SMILES string of the molecule is Cc1cc(O[C@H](C)C(=O)N[C@H](C)c2ccc(C(C)(C)C)cc2)cc(C)c1Cl. The molecule has 2 aromatic rings. The normalized spacial score (nSPS) is 13.8. The van der Waals surface area contributed by atoms with Crippen molar-refractivity contribution in [1.29, 1.82) is 0 Å². The van der Waals surface area contributed by atoms with Crippen molar-refractivity contribution >= 4 is 17.5 Å². The van der Waals surface area contributed by atoms with E-state index in [1.54, 1.807) is 6.92 Å². The van der Waals surface area contributed by atoms with E-state index in [0.29, 0.717) is 5.75 Å². The summed E-state index contributed by atoms with van der Waals surface area (Å²) in [4.78, 5) is 12.5. The van der Waals surface area contributed by atoms with Crippen LogP contribution in [0.15, 0.2) is 36.4 Å². The molecule has 1 N–H and O–H groups in total. The summed E-state index contributed by atoms with van der Waals surface area (Å²) in [5.41, 5.74) is 4.33. The number of hydrogen-bond donors (Lipinski definition) is 1. The highest BCUT2D eigenvalue weighted by Gasteiger charge is 2.19. The maximum absolute atomic E-state index is 12.5. The predicted octanol–water partition coefficient (Wildman–Crippen LogP) is 5.90. The Hall–Kier alpha value is -2.00. The second-order valence-corrected chi connectivity index (χ2v) is 8.61. The van der Waals surface area contributed by atoms with E-state index in [4.69, 9.17) is 16.3 Å². The van der Waals surface area contributed by atoms with Gasteiger partial charge in [-0.05, 0) is 67.5 Å². The molecule has 0 aliphatic rings. The van der Waals surface area contributed by atoms with Crippen LogP contribution in [-0.4, -0.2) is 12.0 Å². The molecule has 0 heterocycles. The Kier molecular flexibility index (Phi) is 6.59. The molecule has 0 unspecified atom stereocenters. The Labute approximate surface area is 168 Å². The van der Waals surface area contributed by atoms with Gasteiger partial charge in [0.05, 0.1) is 6.04 Å². The second-order valence-electron chi connectivity index (χ2n) is 8.23. The van der Waals surface area contributed by atoms with Crippen molar-refractivity contribution in [2.24, 2.45) is 0 Å². The lowest BCUT2D eigenvalue weighted by molar-refractivity contribution is -0.127. The zero-order chi connectivity index (χ0) is 20.4. The van der Waals surface area contributed by atoms with Crippen molar-refractivity contribution in [3.05, 3.63) is 63.7 Å². The summed E-state index contributed by atoms with van der Waals surface area (Å²) in [6.07, 6.45) is -0.596. The largest absolute Gasteiger partial charge is 0.481 e. The highest BCUT2D eigenvalue weighted by Crippen LogP contribution is 2.27. The van der Waals surface area contributed by atoms with Crippen LogP contribution in [0.2, 0.25) is 5.02 Å². The van der Waals surface area contributed by atoms with Crippen molar-refractivity contribution in [3.63, 3.8) is 0 Å². The molecular formula is C23H30ClNO2. The molecular weight excluding hydrogens is 358 g/mol. The fourth-order valence-corrected chi connectivity index (χ4v) is 3.03. The highest BCUT2D eigenvalue weighted by molar-refractivity contribution is 6.32. The van der Waals surface area contributed by atoms with Crippen LogP contribution in [-0.2, 0) is 10.2 Å². The van der Waals surface area contributed by atoms with Gasteiger partial charge in [0.1, 0.15) is 5.75 Å². The topological polar surface area (TPSA) is 38.3 Å². The van der Waals surface area contributed by atoms with Gasteiger partial charge in [0, 0.05) is 5.02 Å². The van der Waals surface area contributed by atoms with Crippen molar-refractivity contribution < 1.29 is 9.53 Å². The van der Waals surface area contributed by atoms with Crippen LogP contribution in [0, 0.1) is 13.8 Å². The van der Waals surface area contributed by atoms with E-state index in [9.17, 15) is 4.79 Å². The Morgan fingerprint density at radius 3 is 2.04 bits per heavy atom. The third-order valence-corrected chi connectivity index (χ3v) is 5.32. The Morgan fingerprint density at radius 2 is 1.56 bits per heavy atom. The number of hydrogen-bond acceptors (Lipinski definition) is 2. The number of rotatable bonds is 5. The fraction of sp³-hybridized carbons (Fsp3) is 0.435. The molecule has 146 valence electrons. The molecule has 0 saturated carbocycles. The van der Waals surface area contributed by atoms with E-state index in [1.807, 2.05) is 32.9 Å². The number of aryl methyl sites for hydroxylation is 2.